The van der Waals surface area contributed by atoms with Crippen LogP contribution < -0.4 is 0 Å². The van der Waals surface area contributed by atoms with Crippen LogP contribution in [0.3, 0.4) is 0 Å². The molecule has 1 aromatic carbocycles. The minimum absolute atomic E-state index is 0.265. The van der Waals surface area contributed by atoms with E-state index in [0.29, 0.717) is 0 Å². The largest absolute Gasteiger partial charge is 0.502 e. The third-order valence-electron chi connectivity index (χ3n) is 1.94. The Balaban J connectivity index is 2.93. The Labute approximate surface area is 95.1 Å². The van der Waals surface area contributed by atoms with Gasteiger partial charge in [-0.25, -0.2) is 4.79 Å². The molecule has 0 aliphatic heterocycles. The Morgan fingerprint density at radius 1 is 1.29 bits per heavy atom. The Hall–Kier alpha value is -1.98. The highest BCUT2D eigenvalue weighted by molar-refractivity contribution is 5.90. The minimum atomic E-state index is -4.41. The van der Waals surface area contributed by atoms with Crippen molar-refractivity contribution in [3.63, 3.8) is 0 Å². The van der Waals surface area contributed by atoms with Crippen molar-refractivity contribution >= 4 is 12.0 Å². The number of alkyl halides is 3. The molecule has 0 aromatic heterocycles. The molecule has 17 heavy (non-hydrogen) atoms. The van der Waals surface area contributed by atoms with Crippen molar-refractivity contribution in [1.29, 1.82) is 0 Å². The van der Waals surface area contributed by atoms with Gasteiger partial charge in [0.05, 0.1) is 12.7 Å². The van der Waals surface area contributed by atoms with E-state index in [9.17, 15) is 18.0 Å². The first-order valence-electron chi connectivity index (χ1n) is 4.51. The second-order valence-corrected chi connectivity index (χ2v) is 3.14. The molecule has 3 nitrogen and oxygen atoms in total. The van der Waals surface area contributed by atoms with Gasteiger partial charge in [-0.05, 0) is 23.8 Å². The average molecular weight is 246 g/mol. The molecule has 0 saturated heterocycles. The van der Waals surface area contributed by atoms with Crippen LogP contribution in [0.2, 0.25) is 0 Å². The van der Waals surface area contributed by atoms with Crippen LogP contribution in [-0.4, -0.2) is 18.2 Å². The molecule has 0 spiro atoms. The molecule has 0 saturated carbocycles. The van der Waals surface area contributed by atoms with Crippen LogP contribution in [-0.2, 0) is 15.7 Å². The molecule has 92 valence electrons. The number of benzene rings is 1. The Morgan fingerprint density at radius 3 is 2.24 bits per heavy atom. The molecule has 0 fully saturated rings. The van der Waals surface area contributed by atoms with Crippen molar-refractivity contribution in [2.45, 2.75) is 6.18 Å². The number of hydrogen-bond acceptors (Lipinski definition) is 3. The van der Waals surface area contributed by atoms with E-state index in [1.165, 1.54) is 0 Å². The van der Waals surface area contributed by atoms with E-state index >= 15 is 0 Å². The van der Waals surface area contributed by atoms with Gasteiger partial charge in [-0.15, -0.1) is 0 Å². The van der Waals surface area contributed by atoms with Crippen LogP contribution in [0.25, 0.3) is 6.08 Å². The van der Waals surface area contributed by atoms with Crippen molar-refractivity contribution in [2.24, 2.45) is 0 Å². The highest BCUT2D eigenvalue weighted by Gasteiger charge is 2.29. The van der Waals surface area contributed by atoms with E-state index in [4.69, 9.17) is 5.11 Å². The van der Waals surface area contributed by atoms with Gasteiger partial charge in [-0.2, -0.15) is 13.2 Å². The second-order valence-electron chi connectivity index (χ2n) is 3.14. The van der Waals surface area contributed by atoms with Gasteiger partial charge in [0, 0.05) is 0 Å². The summed E-state index contributed by atoms with van der Waals surface area (Å²) in [5.41, 5.74) is -0.534. The first-order valence-corrected chi connectivity index (χ1v) is 4.51. The molecule has 0 atom stereocenters. The lowest BCUT2D eigenvalue weighted by Crippen LogP contribution is -2.05. The highest BCUT2D eigenvalue weighted by Crippen LogP contribution is 2.29. The third-order valence-corrected chi connectivity index (χ3v) is 1.94. The maximum atomic E-state index is 12.2. The third kappa shape index (κ3) is 3.51. The maximum Gasteiger partial charge on any atom is 0.416 e. The molecule has 1 rings (SSSR count). The zero-order valence-corrected chi connectivity index (χ0v) is 8.78. The summed E-state index contributed by atoms with van der Waals surface area (Å²) in [6.07, 6.45) is -3.39. The Bertz CT molecular complexity index is 432. The fourth-order valence-electron chi connectivity index (χ4n) is 1.09. The molecule has 0 aliphatic rings. The van der Waals surface area contributed by atoms with Crippen LogP contribution in [0.1, 0.15) is 11.1 Å². The lowest BCUT2D eigenvalue weighted by atomic mass is 10.1. The van der Waals surface area contributed by atoms with E-state index in [2.05, 4.69) is 4.74 Å². The first-order chi connectivity index (χ1) is 7.84. The number of aliphatic hydroxyl groups is 1. The molecule has 0 aliphatic carbocycles. The summed E-state index contributed by atoms with van der Waals surface area (Å²) in [6, 6.07) is 4.00. The second kappa shape index (κ2) is 4.90. The number of hydrogen-bond donors (Lipinski definition) is 1. The summed E-state index contributed by atoms with van der Waals surface area (Å²) in [6.45, 7) is 0. The maximum absolute atomic E-state index is 12.2. The van der Waals surface area contributed by atoms with E-state index < -0.39 is 23.5 Å². The summed E-state index contributed by atoms with van der Waals surface area (Å²) in [5.74, 6) is -1.63. The van der Waals surface area contributed by atoms with Gasteiger partial charge in [0.2, 0.25) is 5.76 Å². The SMILES string of the molecule is COC(=O)/C(O)=C/c1ccc(C(F)(F)F)cc1. The minimum Gasteiger partial charge on any atom is -0.502 e. The number of halogens is 3. The number of methoxy groups -OCH3 is 1. The quantitative estimate of drug-likeness (QED) is 0.496. The normalized spacial score (nSPS) is 12.4. The van der Waals surface area contributed by atoms with Gasteiger partial charge in [-0.1, -0.05) is 12.1 Å². The molecular formula is C11H9F3O3. The summed E-state index contributed by atoms with van der Waals surface area (Å²) < 4.78 is 40.9. The highest BCUT2D eigenvalue weighted by atomic mass is 19.4. The number of ether oxygens (including phenoxy) is 1. The fraction of sp³-hybridized carbons (Fsp3) is 0.182. The van der Waals surface area contributed by atoms with Gasteiger partial charge in [0.1, 0.15) is 0 Å². The summed E-state index contributed by atoms with van der Waals surface area (Å²) in [5, 5.41) is 9.16. The van der Waals surface area contributed by atoms with Crippen molar-refractivity contribution in [3.05, 3.63) is 41.2 Å². The lowest BCUT2D eigenvalue weighted by molar-refractivity contribution is -0.139. The molecule has 6 heteroatoms. The fourth-order valence-corrected chi connectivity index (χ4v) is 1.09. The molecule has 0 heterocycles. The van der Waals surface area contributed by atoms with Gasteiger partial charge >= 0.3 is 12.1 Å². The number of rotatable bonds is 2. The Morgan fingerprint density at radius 2 is 1.82 bits per heavy atom. The smallest absolute Gasteiger partial charge is 0.416 e. The predicted octanol–water partition coefficient (Wildman–Crippen LogP) is 2.78. The molecule has 1 aromatic rings. The first kappa shape index (κ1) is 13.1. The van der Waals surface area contributed by atoms with E-state index in [1.54, 1.807) is 0 Å². The summed E-state index contributed by atoms with van der Waals surface area (Å²) in [4.78, 5) is 10.8. The van der Waals surface area contributed by atoms with Crippen LogP contribution in [0.4, 0.5) is 13.2 Å². The molecule has 0 bridgehead atoms. The Kier molecular flexibility index (Phi) is 3.77. The van der Waals surface area contributed by atoms with E-state index in [1.807, 2.05) is 0 Å². The standard InChI is InChI=1S/C11H9F3O3/c1-17-10(16)9(15)6-7-2-4-8(5-3-7)11(12,13)14/h2-6,15H,1H3/b9-6-. The van der Waals surface area contributed by atoms with Gasteiger partial charge in [0.25, 0.3) is 0 Å². The number of carbonyl (C=O) groups is 1. The number of esters is 1. The zero-order chi connectivity index (χ0) is 13.1. The van der Waals surface area contributed by atoms with Crippen molar-refractivity contribution in [3.8, 4) is 0 Å². The van der Waals surface area contributed by atoms with Gasteiger partial charge in [0.15, 0.2) is 0 Å². The van der Waals surface area contributed by atoms with E-state index in [0.717, 1.165) is 37.5 Å². The molecular weight excluding hydrogens is 237 g/mol. The van der Waals surface area contributed by atoms with Crippen LogP contribution in [0, 0.1) is 0 Å². The number of aliphatic hydroxyl groups excluding tert-OH is 1. The van der Waals surface area contributed by atoms with Crippen molar-refractivity contribution in [2.75, 3.05) is 7.11 Å². The van der Waals surface area contributed by atoms with Crippen molar-refractivity contribution < 1.29 is 27.8 Å². The van der Waals surface area contributed by atoms with Crippen LogP contribution in [0.15, 0.2) is 30.0 Å². The number of carbonyl (C=O) groups excluding carboxylic acids is 1. The van der Waals surface area contributed by atoms with Crippen molar-refractivity contribution in [1.82, 2.24) is 0 Å². The monoisotopic (exact) mass is 246 g/mol. The van der Waals surface area contributed by atoms with Crippen LogP contribution in [0.5, 0.6) is 0 Å². The molecule has 1 N–H and O–H groups in total. The lowest BCUT2D eigenvalue weighted by Gasteiger charge is -2.06. The summed E-state index contributed by atoms with van der Waals surface area (Å²) >= 11 is 0. The zero-order valence-electron chi connectivity index (χ0n) is 8.78. The molecule has 0 amide bonds. The average Bonchev–Trinajstić information content (AvgIpc) is 2.27. The van der Waals surface area contributed by atoms with Gasteiger partial charge < -0.3 is 9.84 Å². The molecule has 0 radical (unpaired) electrons. The molecule has 0 unspecified atom stereocenters. The van der Waals surface area contributed by atoms with Gasteiger partial charge in [-0.3, -0.25) is 0 Å². The summed E-state index contributed by atoms with van der Waals surface area (Å²) in [7, 11) is 1.08. The van der Waals surface area contributed by atoms with Crippen LogP contribution >= 0.6 is 0 Å². The van der Waals surface area contributed by atoms with E-state index in [-0.39, 0.29) is 5.56 Å². The topological polar surface area (TPSA) is 46.5 Å². The predicted molar refractivity (Wildman–Crippen MR) is 54.1 cm³/mol.